The fraction of sp³-hybridized carbons (Fsp3) is 0.584. The van der Waals surface area contributed by atoms with E-state index in [-0.39, 0.29) is 86.8 Å². The van der Waals surface area contributed by atoms with Crippen molar-refractivity contribution in [2.75, 3.05) is 86.9 Å². The van der Waals surface area contributed by atoms with Crippen LogP contribution >= 0.6 is 27.5 Å². The van der Waals surface area contributed by atoms with Gasteiger partial charge in [-0.1, -0.05) is 43.3 Å². The Morgan fingerprint density at radius 1 is 0.416 bits per heavy atom. The molecule has 735 valence electrons. The number of nitrogens with one attached hydrogen (secondary N) is 3. The molecule has 137 heavy (non-hydrogen) atoms. The minimum absolute atomic E-state index is 0. The Hall–Kier alpha value is -8.27. The minimum atomic E-state index is -0.436. The molecule has 9 aromatic heterocycles. The second kappa shape index (κ2) is 52.5. The van der Waals surface area contributed by atoms with Crippen molar-refractivity contribution in [3.8, 4) is 11.8 Å². The zero-order valence-corrected chi connectivity index (χ0v) is 84.9. The molecular weight excluding hydrogens is 1840 g/mol. The van der Waals surface area contributed by atoms with Gasteiger partial charge in [0.15, 0.2) is 23.1 Å². The number of aliphatic hydroxyl groups is 3. The van der Waals surface area contributed by atoms with Crippen molar-refractivity contribution in [1.29, 1.82) is 0 Å². The summed E-state index contributed by atoms with van der Waals surface area (Å²) in [6.07, 6.45) is 38.4. The van der Waals surface area contributed by atoms with Gasteiger partial charge in [0.25, 0.3) is 16.7 Å². The van der Waals surface area contributed by atoms with Gasteiger partial charge in [-0.25, -0.2) is 34.9 Å². The van der Waals surface area contributed by atoms with E-state index in [1.165, 1.54) is 28.6 Å². The maximum Gasteiger partial charge on any atom is 1.00 e. The SMILES string of the molecule is C.CO.CO.Cc1ccc([C@H]2C[C@@H]2CO)nc1.Cc1ccc([C@H]2C[C@@H]2COc2nc(C)ncc2C2CCC(=O)CC2)nc1.Cc1ccc([C@H]2C[C@@H]2COc2nc(C)ncc2C2CCC3(CC2)OCCO3)nc1.Cc1ncc(Br)c(=O)[nH]1.Cc1ncc(C2=CCC3(CC2)OCCO3)c(=O)[nH]1.Cc1ncc(C2CCC3(CC2)OCCO3)c(=O)[nH]1.Cc1ncc(C2CCC3(CC2)OCCO3)c(Cl)n1.[B].[H-].[Na+]. The molecule has 8 aliphatic carbocycles. The van der Waals surface area contributed by atoms with Crippen molar-refractivity contribution in [3.63, 3.8) is 0 Å². The second-order valence-electron chi connectivity index (χ2n) is 36.5. The number of aryl methyl sites for hydroxylation is 9. The molecule has 4 saturated heterocycles. The topological polar surface area (TPSA) is 423 Å². The molecule has 11 fully saturated rings. The monoisotopic (exact) mass is 1980 g/mol. The van der Waals surface area contributed by atoms with Gasteiger partial charge in [-0.3, -0.25) is 34.1 Å². The number of aromatic nitrogens is 15. The van der Waals surface area contributed by atoms with Crippen LogP contribution in [0, 0.1) is 80.1 Å². The molecule has 0 bridgehead atoms. The molecule has 13 heterocycles. The van der Waals surface area contributed by atoms with Crippen LogP contribution < -0.4 is 55.7 Å². The maximum atomic E-state index is 11.9. The van der Waals surface area contributed by atoms with Crippen LogP contribution in [0.1, 0.15) is 288 Å². The van der Waals surface area contributed by atoms with Crippen molar-refractivity contribution < 1.29 is 98.5 Å². The van der Waals surface area contributed by atoms with E-state index in [0.29, 0.717) is 176 Å². The molecule has 12 aliphatic rings. The first-order valence-electron chi connectivity index (χ1n) is 47.1. The molecule has 6 N–H and O–H groups in total. The maximum absolute atomic E-state index is 11.9. The first-order valence-corrected chi connectivity index (χ1v) is 48.3. The Morgan fingerprint density at radius 2 is 0.766 bits per heavy atom. The summed E-state index contributed by atoms with van der Waals surface area (Å²) >= 11 is 9.22. The Balaban J connectivity index is 0.000000182. The van der Waals surface area contributed by atoms with Crippen molar-refractivity contribution in [1.82, 2.24) is 74.8 Å². The Kier molecular flexibility index (Phi) is 42.4. The molecule has 6 atom stereocenters. The van der Waals surface area contributed by atoms with Crippen molar-refractivity contribution >= 4 is 47.3 Å². The molecule has 9 aromatic rings. The number of carbonyl (C=O) groups is 1. The van der Waals surface area contributed by atoms with Crippen LogP contribution in [0.15, 0.2) is 117 Å². The van der Waals surface area contributed by atoms with E-state index in [2.05, 4.69) is 141 Å². The van der Waals surface area contributed by atoms with Crippen LogP contribution in [0.2, 0.25) is 5.15 Å². The number of aromatic amines is 3. The number of hydrogen-bond donors (Lipinski definition) is 6. The average molecular weight is 1980 g/mol. The average Bonchev–Trinajstić information content (AvgIpc) is 1.63. The summed E-state index contributed by atoms with van der Waals surface area (Å²) in [5, 5.41) is 23.5. The van der Waals surface area contributed by atoms with E-state index >= 15 is 0 Å². The van der Waals surface area contributed by atoms with Crippen LogP contribution in [-0.2, 0) is 42.7 Å². The van der Waals surface area contributed by atoms with Crippen molar-refractivity contribution in [2.24, 2.45) is 17.8 Å². The predicted octanol–water partition coefficient (Wildman–Crippen LogP) is 12.6. The zero-order valence-electron chi connectivity index (χ0n) is 81.6. The number of pyridine rings is 3. The first-order chi connectivity index (χ1) is 64.8. The summed E-state index contributed by atoms with van der Waals surface area (Å²) in [6.45, 7) is 24.4. The summed E-state index contributed by atoms with van der Waals surface area (Å²) in [4.78, 5) is 106. The third-order valence-corrected chi connectivity index (χ3v) is 27.7. The van der Waals surface area contributed by atoms with Gasteiger partial charge in [0, 0.05) is 218 Å². The quantitative estimate of drug-likeness (QED) is 0.0410. The molecule has 21 rings (SSSR count). The van der Waals surface area contributed by atoms with E-state index in [1.54, 1.807) is 33.2 Å². The summed E-state index contributed by atoms with van der Waals surface area (Å²) < 4.78 is 58.7. The summed E-state index contributed by atoms with van der Waals surface area (Å²) in [5.74, 6) is 8.97. The van der Waals surface area contributed by atoms with Gasteiger partial charge < -0.3 is 79.1 Å². The Morgan fingerprint density at radius 3 is 1.13 bits per heavy atom. The predicted molar refractivity (Wildman–Crippen MR) is 519 cm³/mol. The van der Waals surface area contributed by atoms with Gasteiger partial charge in [0.2, 0.25) is 11.8 Å². The Bertz CT molecular complexity index is 5520. The van der Waals surface area contributed by atoms with Crippen LogP contribution in [0.3, 0.4) is 0 Å². The van der Waals surface area contributed by atoms with Crippen molar-refractivity contribution in [3.05, 3.63) is 235 Å². The molecule has 4 aliphatic heterocycles. The number of halogens is 2. The molecule has 0 unspecified atom stereocenters. The minimum Gasteiger partial charge on any atom is -1.00 e. The van der Waals surface area contributed by atoms with Gasteiger partial charge in [-0.2, -0.15) is 9.97 Å². The number of H-pyrrole nitrogens is 3. The third-order valence-electron chi connectivity index (χ3n) is 26.8. The van der Waals surface area contributed by atoms with Crippen LogP contribution in [0.5, 0.6) is 11.8 Å². The summed E-state index contributed by atoms with van der Waals surface area (Å²) in [6, 6.07) is 12.7. The molecular formula is C101H136BBrClN15NaO17. The summed E-state index contributed by atoms with van der Waals surface area (Å²) in [7, 11) is 2.00. The third kappa shape index (κ3) is 30.9. The second-order valence-corrected chi connectivity index (χ2v) is 37.7. The van der Waals surface area contributed by atoms with E-state index in [0.717, 1.165) is 212 Å². The van der Waals surface area contributed by atoms with E-state index in [9.17, 15) is 19.2 Å². The van der Waals surface area contributed by atoms with E-state index < -0.39 is 5.79 Å². The van der Waals surface area contributed by atoms with Crippen molar-refractivity contribution in [2.45, 2.75) is 276 Å². The molecule has 3 radical (unpaired) electrons. The number of allylic oxidation sites excluding steroid dienone is 1. The molecule has 36 heteroatoms. The number of aliphatic hydroxyl groups excluding tert-OH is 3. The zero-order chi connectivity index (χ0) is 95.1. The van der Waals surface area contributed by atoms with Crippen LogP contribution in [0.4, 0.5) is 0 Å². The molecule has 0 aromatic carbocycles. The molecule has 0 amide bonds. The fourth-order valence-corrected chi connectivity index (χ4v) is 19.3. The van der Waals surface area contributed by atoms with Gasteiger partial charge in [-0.05, 0) is 225 Å². The van der Waals surface area contributed by atoms with Gasteiger partial charge >= 0.3 is 29.6 Å². The van der Waals surface area contributed by atoms with Crippen LogP contribution in [-0.4, -0.2) is 214 Å². The number of Topliss-reactive ketones (excluding diaryl/α,β-unsaturated/α-hetero) is 1. The van der Waals surface area contributed by atoms with Gasteiger partial charge in [0.05, 0.1) is 71.6 Å². The number of nitrogens with zero attached hydrogens (tertiary/aromatic N) is 12. The number of ketones is 1. The van der Waals surface area contributed by atoms with Crippen LogP contribution in [0.25, 0.3) is 5.57 Å². The van der Waals surface area contributed by atoms with Gasteiger partial charge in [-0.15, -0.1) is 0 Å². The van der Waals surface area contributed by atoms with E-state index in [4.69, 9.17) is 74.3 Å². The normalized spacial score (nSPS) is 22.9. The smallest absolute Gasteiger partial charge is 1.00 e. The fourth-order valence-electron chi connectivity index (χ4n) is 18.8. The first kappa shape index (κ1) is 111. The number of hydrogen-bond acceptors (Lipinski definition) is 29. The van der Waals surface area contributed by atoms with E-state index in [1.807, 2.05) is 71.0 Å². The largest absolute Gasteiger partial charge is 1.00 e. The number of carbonyl (C=O) groups excluding carboxylic acids is 1. The standard InChI is InChI=1S/C23H29N3O3.C21H25N3O2.C13H17ClN2O2.C13H18N2O3.C13H16N2O3.C10H13NO.C5H5BrN2O.2CH4O.CH4.B.Na.H/c1-15-3-4-21(25-12-15)19-11-18(19)14-27-22-20(13-24-16(2)26-22)17-5-7-23(8-6-17)28-9-10-29-23;1-13-3-8-20(23-10-13)18-9-16(18)12-26-21-19(11-22-14(2)24-21)15-4-6-17(25)7-5-15;1-9-15-8-11(12(14)16-9)10-2-4-13(5-3-10)17-6-7-18-13;2*1-9-14-8-11(12(16)15-9)10-2-4-13(5-3-10)17-6-7-18-13;1-7-2-3-10(11-5-7)9-4-8(9)6-12;1-3-7-2-4(6)5(9)8-3;2*1-2;;;;/h3-4,12-13,17-19H,5-11,14H2,1-2H3;3,8,10-11,15-16,18H,4-7,9,12H2,1-2H3;8,10H,2-7H2,1H3;8,10H,2-7H2,1H3,(H,14,15,16);2,8H,3-7H2,1H3,(H,14,15,16);2-3,5,8-9,12H,4,6H2,1H3;2H,1H3,(H,7,8,9);2*2H,1H3;1H4;;;/q;;;;;;;;;;;+1;-1/t18-,19+;16-,18+;;;;8-,9+;;;;;;;/m11...1......./s1. The number of rotatable bonds is 15. The Labute approximate surface area is 842 Å². The number of ether oxygens (including phenoxy) is 10. The summed E-state index contributed by atoms with van der Waals surface area (Å²) in [5.41, 5.74) is 12.6. The van der Waals surface area contributed by atoms with Gasteiger partial charge in [0.1, 0.15) is 50.4 Å². The molecule has 32 nitrogen and oxygen atoms in total. The molecule has 7 saturated carbocycles. The molecule has 4 spiro atoms.